The molecule has 2 aliphatic rings. The molecule has 0 spiro atoms. The third kappa shape index (κ3) is 3.50. The van der Waals surface area contributed by atoms with Gasteiger partial charge in [-0.15, -0.1) is 0 Å². The number of hydrogen-bond donors (Lipinski definition) is 1. The van der Waals surface area contributed by atoms with E-state index in [0.717, 1.165) is 35.4 Å². The molecule has 0 aliphatic carbocycles. The predicted octanol–water partition coefficient (Wildman–Crippen LogP) is 3.88. The zero-order valence-electron chi connectivity index (χ0n) is 18.8. The second-order valence-corrected chi connectivity index (χ2v) is 8.17. The van der Waals surface area contributed by atoms with Crippen LogP contribution in [0, 0.1) is 6.92 Å². The van der Waals surface area contributed by atoms with E-state index in [1.807, 2.05) is 48.0 Å². The third-order valence-electron chi connectivity index (χ3n) is 6.07. The van der Waals surface area contributed by atoms with Crippen molar-refractivity contribution >= 4 is 17.9 Å². The highest BCUT2D eigenvalue weighted by atomic mass is 17.1. The zero-order valence-corrected chi connectivity index (χ0v) is 18.8. The Balaban J connectivity index is 1.50. The van der Waals surface area contributed by atoms with E-state index in [0.29, 0.717) is 23.7 Å². The minimum absolute atomic E-state index is 0.516. The summed E-state index contributed by atoms with van der Waals surface area (Å²) in [5.74, 6) is 0.292. The molecular weight excluding hydrogens is 436 g/mol. The van der Waals surface area contributed by atoms with Crippen molar-refractivity contribution in [1.29, 1.82) is 0 Å². The highest BCUT2D eigenvalue weighted by Gasteiger charge is 2.57. The molecule has 1 N–H and O–H groups in total. The molecule has 1 fully saturated rings. The van der Waals surface area contributed by atoms with Crippen LogP contribution in [0.1, 0.15) is 29.7 Å². The first kappa shape index (κ1) is 21.7. The molecular formula is C25H24N4O5. The zero-order chi connectivity index (χ0) is 23.7. The van der Waals surface area contributed by atoms with Crippen molar-refractivity contribution in [2.45, 2.75) is 25.5 Å². The number of carbonyl (C=O) groups is 1. The lowest BCUT2D eigenvalue weighted by atomic mass is 9.94. The number of nitrogens with zero attached hydrogens (tertiary/aromatic N) is 4. The Bertz CT molecular complexity index is 1280. The molecule has 1 aromatic heterocycles. The van der Waals surface area contributed by atoms with Gasteiger partial charge in [0.2, 0.25) is 0 Å². The molecule has 2 aliphatic heterocycles. The number of hydrogen-bond acceptors (Lipinski definition) is 8. The Morgan fingerprint density at radius 1 is 1.24 bits per heavy atom. The average Bonchev–Trinajstić information content (AvgIpc) is 3.49. The number of carbonyl (C=O) groups excluding carboxylic acids is 1. The minimum atomic E-state index is -1.67. The number of imidazole rings is 1. The summed E-state index contributed by atoms with van der Waals surface area (Å²) >= 11 is 0. The van der Waals surface area contributed by atoms with Crippen LogP contribution in [0.3, 0.4) is 0 Å². The maximum atomic E-state index is 12.8. The van der Waals surface area contributed by atoms with Gasteiger partial charge in [-0.25, -0.2) is 9.78 Å². The molecule has 9 heteroatoms. The Hall–Kier alpha value is -4.11. The van der Waals surface area contributed by atoms with E-state index in [1.54, 1.807) is 42.6 Å². The van der Waals surface area contributed by atoms with Gasteiger partial charge in [0.15, 0.2) is 5.84 Å². The van der Waals surface area contributed by atoms with Crippen LogP contribution < -0.4 is 4.74 Å². The first-order chi connectivity index (χ1) is 16.6. The van der Waals surface area contributed by atoms with Gasteiger partial charge in [-0.1, -0.05) is 41.6 Å². The fraction of sp³-hybridized carbons (Fsp3) is 0.240. The standard InChI is InChI=1S/C25H24N4O5/c1-17-15-28(16-26-17)21-11-10-18(14-22(21)32-2)13-19-7-6-12-29-23(19)27-34-25(29,24(30)33-31)20-8-4-3-5-9-20/h3-5,8-11,13-16,31H,6-7,12H2,1-2H3/b19-13+. The molecule has 9 nitrogen and oxygen atoms in total. The first-order valence-corrected chi connectivity index (χ1v) is 10.9. The van der Waals surface area contributed by atoms with Crippen LogP contribution in [0.4, 0.5) is 0 Å². The molecule has 1 atom stereocenters. The summed E-state index contributed by atoms with van der Waals surface area (Å²) in [5.41, 5.74) is 2.47. The van der Waals surface area contributed by atoms with Crippen molar-refractivity contribution in [3.63, 3.8) is 0 Å². The van der Waals surface area contributed by atoms with E-state index in [9.17, 15) is 10.1 Å². The number of rotatable bonds is 5. The second kappa shape index (κ2) is 8.68. The Labute approximate surface area is 196 Å². The van der Waals surface area contributed by atoms with Crippen LogP contribution in [0.25, 0.3) is 11.8 Å². The van der Waals surface area contributed by atoms with Gasteiger partial charge in [0.25, 0.3) is 0 Å². The SMILES string of the molecule is COc1cc(/C=C2\CCCN3C2=NOC3(C(=O)OO)c2ccccc2)ccc1-n1cnc(C)c1. The largest absolute Gasteiger partial charge is 0.495 e. The Morgan fingerprint density at radius 2 is 2.06 bits per heavy atom. The van der Waals surface area contributed by atoms with E-state index in [4.69, 9.17) is 9.57 Å². The van der Waals surface area contributed by atoms with Gasteiger partial charge in [-0.05, 0) is 49.1 Å². The lowest BCUT2D eigenvalue weighted by Gasteiger charge is -2.37. The highest BCUT2D eigenvalue weighted by Crippen LogP contribution is 2.41. The number of amidine groups is 1. The van der Waals surface area contributed by atoms with Gasteiger partial charge in [0, 0.05) is 18.3 Å². The monoisotopic (exact) mass is 460 g/mol. The topological polar surface area (TPSA) is 98.4 Å². The van der Waals surface area contributed by atoms with Gasteiger partial charge >= 0.3 is 11.7 Å². The second-order valence-electron chi connectivity index (χ2n) is 8.17. The van der Waals surface area contributed by atoms with Gasteiger partial charge in [0.1, 0.15) is 5.75 Å². The lowest BCUT2D eigenvalue weighted by Crippen LogP contribution is -2.54. The number of ether oxygens (including phenoxy) is 1. The molecule has 3 heterocycles. The summed E-state index contributed by atoms with van der Waals surface area (Å²) < 4.78 is 7.54. The maximum absolute atomic E-state index is 12.8. The Morgan fingerprint density at radius 3 is 2.76 bits per heavy atom. The van der Waals surface area contributed by atoms with Crippen LogP contribution in [-0.2, 0) is 20.2 Å². The quantitative estimate of drug-likeness (QED) is 0.456. The fourth-order valence-corrected chi connectivity index (χ4v) is 4.48. The van der Waals surface area contributed by atoms with E-state index in [2.05, 4.69) is 15.0 Å². The Kier molecular flexibility index (Phi) is 5.54. The molecule has 174 valence electrons. The van der Waals surface area contributed by atoms with Gasteiger partial charge < -0.3 is 19.0 Å². The van der Waals surface area contributed by atoms with Crippen LogP contribution in [-0.4, -0.2) is 45.2 Å². The van der Waals surface area contributed by atoms with E-state index < -0.39 is 11.7 Å². The van der Waals surface area contributed by atoms with Crippen molar-refractivity contribution in [1.82, 2.24) is 14.5 Å². The van der Waals surface area contributed by atoms with Crippen molar-refractivity contribution in [3.8, 4) is 11.4 Å². The van der Waals surface area contributed by atoms with Crippen molar-refractivity contribution in [2.24, 2.45) is 5.16 Å². The molecule has 0 radical (unpaired) electrons. The first-order valence-electron chi connectivity index (χ1n) is 10.9. The predicted molar refractivity (Wildman–Crippen MR) is 124 cm³/mol. The normalized spacial score (nSPS) is 20.5. The van der Waals surface area contributed by atoms with Crippen LogP contribution in [0.5, 0.6) is 5.75 Å². The number of aryl methyl sites for hydroxylation is 1. The summed E-state index contributed by atoms with van der Waals surface area (Å²) in [7, 11) is 1.63. The molecule has 5 rings (SSSR count). The van der Waals surface area contributed by atoms with Gasteiger partial charge in [-0.2, -0.15) is 5.26 Å². The molecule has 1 unspecified atom stereocenters. The molecule has 2 aromatic carbocycles. The molecule has 0 amide bonds. The smallest absolute Gasteiger partial charge is 0.413 e. The van der Waals surface area contributed by atoms with E-state index >= 15 is 0 Å². The van der Waals surface area contributed by atoms with E-state index in [1.165, 1.54) is 0 Å². The summed E-state index contributed by atoms with van der Waals surface area (Å²) in [5, 5.41) is 13.5. The maximum Gasteiger partial charge on any atom is 0.413 e. The number of piperidine rings is 1. The third-order valence-corrected chi connectivity index (χ3v) is 6.07. The van der Waals surface area contributed by atoms with Crippen molar-refractivity contribution in [3.05, 3.63) is 83.4 Å². The number of benzene rings is 2. The number of aromatic nitrogens is 2. The molecule has 0 saturated carbocycles. The van der Waals surface area contributed by atoms with Gasteiger partial charge in [-0.3, -0.25) is 4.89 Å². The molecule has 34 heavy (non-hydrogen) atoms. The number of methoxy groups -OCH3 is 1. The average molecular weight is 460 g/mol. The fourth-order valence-electron chi connectivity index (χ4n) is 4.48. The summed E-state index contributed by atoms with van der Waals surface area (Å²) in [6, 6.07) is 14.8. The molecule has 1 saturated heterocycles. The minimum Gasteiger partial charge on any atom is -0.495 e. The van der Waals surface area contributed by atoms with Crippen LogP contribution >= 0.6 is 0 Å². The molecule has 3 aromatic rings. The summed E-state index contributed by atoms with van der Waals surface area (Å²) in [6.45, 7) is 2.45. The lowest BCUT2D eigenvalue weighted by molar-refractivity contribution is -0.266. The van der Waals surface area contributed by atoms with Gasteiger partial charge in [0.05, 0.1) is 24.8 Å². The summed E-state index contributed by atoms with van der Waals surface area (Å²) in [4.78, 5) is 28.7. The highest BCUT2D eigenvalue weighted by molar-refractivity contribution is 6.06. The van der Waals surface area contributed by atoms with E-state index in [-0.39, 0.29) is 0 Å². The number of oxime groups is 1. The van der Waals surface area contributed by atoms with Crippen LogP contribution in [0.15, 0.2) is 71.8 Å². The number of fused-ring (bicyclic) bond motifs is 1. The van der Waals surface area contributed by atoms with Crippen LogP contribution in [0.2, 0.25) is 0 Å². The van der Waals surface area contributed by atoms with Crippen molar-refractivity contribution < 1.29 is 24.5 Å². The van der Waals surface area contributed by atoms with Crippen molar-refractivity contribution in [2.75, 3.05) is 13.7 Å². The molecule has 0 bridgehead atoms. The summed E-state index contributed by atoms with van der Waals surface area (Å²) in [6.07, 6.45) is 7.21.